The second-order valence-electron chi connectivity index (χ2n) is 5.97. The van der Waals surface area contributed by atoms with Gasteiger partial charge in [0.1, 0.15) is 23.5 Å². The van der Waals surface area contributed by atoms with Gasteiger partial charge in [0.15, 0.2) is 11.5 Å². The van der Waals surface area contributed by atoms with Gasteiger partial charge in [-0.1, -0.05) is 0 Å². The molecule has 2 aromatic heterocycles. The molecule has 0 aliphatic carbocycles. The van der Waals surface area contributed by atoms with Crippen LogP contribution in [0.4, 0.5) is 10.2 Å². The Morgan fingerprint density at radius 1 is 1.04 bits per heavy atom. The van der Waals surface area contributed by atoms with Gasteiger partial charge in [-0.2, -0.15) is 4.52 Å². The average Bonchev–Trinajstić information content (AvgIpc) is 2.98. The van der Waals surface area contributed by atoms with E-state index in [1.54, 1.807) is 16.6 Å². The molecule has 1 aliphatic rings. The number of anilines is 1. The van der Waals surface area contributed by atoms with E-state index in [-0.39, 0.29) is 11.9 Å². The molecule has 0 saturated carbocycles. The molecule has 0 unspecified atom stereocenters. The van der Waals surface area contributed by atoms with Crippen molar-refractivity contribution in [1.29, 1.82) is 0 Å². The molecule has 0 amide bonds. The third-order valence-electron chi connectivity index (χ3n) is 4.29. The second-order valence-corrected chi connectivity index (χ2v) is 5.97. The van der Waals surface area contributed by atoms with Crippen molar-refractivity contribution in [3.63, 3.8) is 0 Å². The van der Waals surface area contributed by atoms with Crippen LogP contribution in [0.1, 0.15) is 18.7 Å². The van der Waals surface area contributed by atoms with Crippen LogP contribution >= 0.6 is 0 Å². The van der Waals surface area contributed by atoms with E-state index in [9.17, 15) is 4.39 Å². The standard InChI is InChI=1S/C17H18FN5O/c1-12-19-20-16-6-7-17(21-23(12)16)22-10-8-15(9-11-22)24-14-4-2-13(18)3-5-14/h2-7,15H,8-11H2,1H3. The molecule has 1 aromatic carbocycles. The highest BCUT2D eigenvalue weighted by Crippen LogP contribution is 2.22. The molecule has 0 bridgehead atoms. The summed E-state index contributed by atoms with van der Waals surface area (Å²) in [6.45, 7) is 3.62. The van der Waals surface area contributed by atoms with Crippen LogP contribution in [0.3, 0.4) is 0 Å². The Morgan fingerprint density at radius 3 is 2.54 bits per heavy atom. The predicted octanol–water partition coefficient (Wildman–Crippen LogP) is 2.62. The number of nitrogens with zero attached hydrogens (tertiary/aromatic N) is 5. The molecule has 1 aliphatic heterocycles. The summed E-state index contributed by atoms with van der Waals surface area (Å²) in [5.41, 5.74) is 0.755. The Kier molecular flexibility index (Phi) is 3.76. The number of rotatable bonds is 3. The van der Waals surface area contributed by atoms with Crippen molar-refractivity contribution >= 4 is 11.5 Å². The van der Waals surface area contributed by atoms with E-state index in [1.807, 2.05) is 19.1 Å². The van der Waals surface area contributed by atoms with Gasteiger partial charge in [0.05, 0.1) is 0 Å². The van der Waals surface area contributed by atoms with Crippen molar-refractivity contribution < 1.29 is 9.13 Å². The minimum Gasteiger partial charge on any atom is -0.490 e. The number of hydrogen-bond donors (Lipinski definition) is 0. The molecule has 1 fully saturated rings. The predicted molar refractivity (Wildman–Crippen MR) is 87.8 cm³/mol. The molecular weight excluding hydrogens is 309 g/mol. The fourth-order valence-corrected chi connectivity index (χ4v) is 2.96. The molecule has 0 N–H and O–H groups in total. The van der Waals surface area contributed by atoms with E-state index < -0.39 is 0 Å². The lowest BCUT2D eigenvalue weighted by atomic mass is 10.1. The maximum atomic E-state index is 12.9. The molecular formula is C17H18FN5O. The Labute approximate surface area is 138 Å². The van der Waals surface area contributed by atoms with Crippen molar-refractivity contribution in [1.82, 2.24) is 19.8 Å². The number of ether oxygens (including phenoxy) is 1. The number of hydrogen-bond acceptors (Lipinski definition) is 5. The van der Waals surface area contributed by atoms with E-state index >= 15 is 0 Å². The molecule has 0 spiro atoms. The zero-order valence-corrected chi connectivity index (χ0v) is 13.4. The molecule has 3 aromatic rings. The van der Waals surface area contributed by atoms with Crippen molar-refractivity contribution in [3.8, 4) is 5.75 Å². The fraction of sp³-hybridized carbons (Fsp3) is 0.353. The smallest absolute Gasteiger partial charge is 0.178 e. The summed E-state index contributed by atoms with van der Waals surface area (Å²) in [6, 6.07) is 10.1. The second kappa shape index (κ2) is 6.07. The molecule has 24 heavy (non-hydrogen) atoms. The van der Waals surface area contributed by atoms with Crippen molar-refractivity contribution in [2.24, 2.45) is 0 Å². The number of aryl methyl sites for hydroxylation is 1. The highest BCUT2D eigenvalue weighted by molar-refractivity contribution is 5.46. The minimum atomic E-state index is -0.247. The third kappa shape index (κ3) is 2.89. The summed E-state index contributed by atoms with van der Waals surface area (Å²) in [5, 5.41) is 12.7. The van der Waals surface area contributed by atoms with E-state index in [0.717, 1.165) is 49.0 Å². The van der Waals surface area contributed by atoms with Gasteiger partial charge < -0.3 is 9.64 Å². The van der Waals surface area contributed by atoms with Crippen LogP contribution in [0.5, 0.6) is 5.75 Å². The minimum absolute atomic E-state index is 0.145. The van der Waals surface area contributed by atoms with Crippen molar-refractivity contribution in [2.45, 2.75) is 25.9 Å². The summed E-state index contributed by atoms with van der Waals surface area (Å²) in [4.78, 5) is 2.24. The largest absolute Gasteiger partial charge is 0.490 e. The molecule has 6 nitrogen and oxygen atoms in total. The zero-order chi connectivity index (χ0) is 16.5. The zero-order valence-electron chi connectivity index (χ0n) is 13.4. The summed E-state index contributed by atoms with van der Waals surface area (Å²) < 4.78 is 20.6. The number of halogens is 1. The van der Waals surface area contributed by atoms with E-state index in [0.29, 0.717) is 0 Å². The maximum absolute atomic E-state index is 12.9. The van der Waals surface area contributed by atoms with Crippen LogP contribution in [0, 0.1) is 12.7 Å². The first-order valence-electron chi connectivity index (χ1n) is 8.05. The molecule has 0 radical (unpaired) electrons. The first kappa shape index (κ1) is 14.9. The van der Waals surface area contributed by atoms with Gasteiger partial charge in [-0.25, -0.2) is 4.39 Å². The lowest BCUT2D eigenvalue weighted by Crippen LogP contribution is -2.38. The highest BCUT2D eigenvalue weighted by Gasteiger charge is 2.22. The topological polar surface area (TPSA) is 55.5 Å². The Morgan fingerprint density at radius 2 is 1.79 bits per heavy atom. The van der Waals surface area contributed by atoms with Crippen LogP contribution in [0.15, 0.2) is 36.4 Å². The Hall–Kier alpha value is -2.70. The van der Waals surface area contributed by atoms with Crippen LogP contribution in [-0.2, 0) is 0 Å². The molecule has 7 heteroatoms. The van der Waals surface area contributed by atoms with Gasteiger partial charge in [-0.15, -0.1) is 15.3 Å². The fourth-order valence-electron chi connectivity index (χ4n) is 2.96. The molecule has 0 atom stereocenters. The maximum Gasteiger partial charge on any atom is 0.178 e. The van der Waals surface area contributed by atoms with Crippen LogP contribution in [-0.4, -0.2) is 39.0 Å². The third-order valence-corrected chi connectivity index (χ3v) is 4.29. The monoisotopic (exact) mass is 327 g/mol. The molecule has 4 rings (SSSR count). The van der Waals surface area contributed by atoms with Gasteiger partial charge in [-0.3, -0.25) is 0 Å². The van der Waals surface area contributed by atoms with E-state index in [4.69, 9.17) is 4.74 Å². The summed E-state index contributed by atoms with van der Waals surface area (Å²) in [6.07, 6.45) is 1.95. The first-order valence-corrected chi connectivity index (χ1v) is 8.05. The van der Waals surface area contributed by atoms with Gasteiger partial charge in [-0.05, 0) is 43.3 Å². The van der Waals surface area contributed by atoms with Crippen molar-refractivity contribution in [3.05, 3.63) is 48.0 Å². The number of fused-ring (bicyclic) bond motifs is 1. The van der Waals surface area contributed by atoms with E-state index in [2.05, 4.69) is 20.2 Å². The Balaban J connectivity index is 1.41. The summed E-state index contributed by atoms with van der Waals surface area (Å²) in [7, 11) is 0. The van der Waals surface area contributed by atoms with Gasteiger partial charge in [0, 0.05) is 25.9 Å². The number of aromatic nitrogens is 4. The number of benzene rings is 1. The number of piperidine rings is 1. The lowest BCUT2D eigenvalue weighted by molar-refractivity contribution is 0.170. The SMILES string of the molecule is Cc1nnc2ccc(N3CCC(Oc4ccc(F)cc4)CC3)nn12. The normalized spacial score (nSPS) is 15.8. The first-order chi connectivity index (χ1) is 11.7. The molecule has 1 saturated heterocycles. The van der Waals surface area contributed by atoms with Gasteiger partial charge in [0.2, 0.25) is 0 Å². The summed E-state index contributed by atoms with van der Waals surface area (Å²) in [5.74, 6) is 2.17. The highest BCUT2D eigenvalue weighted by atomic mass is 19.1. The Bertz CT molecular complexity index is 840. The molecule has 124 valence electrons. The van der Waals surface area contributed by atoms with Gasteiger partial charge in [0.25, 0.3) is 0 Å². The average molecular weight is 327 g/mol. The van der Waals surface area contributed by atoms with Crippen LogP contribution < -0.4 is 9.64 Å². The summed E-state index contributed by atoms with van der Waals surface area (Å²) >= 11 is 0. The van der Waals surface area contributed by atoms with Crippen molar-refractivity contribution in [2.75, 3.05) is 18.0 Å². The van der Waals surface area contributed by atoms with E-state index in [1.165, 1.54) is 12.1 Å². The van der Waals surface area contributed by atoms with Crippen LogP contribution in [0.25, 0.3) is 5.65 Å². The van der Waals surface area contributed by atoms with Crippen LogP contribution in [0.2, 0.25) is 0 Å². The quantitative estimate of drug-likeness (QED) is 0.740. The van der Waals surface area contributed by atoms with Gasteiger partial charge >= 0.3 is 0 Å². The molecule has 3 heterocycles. The lowest BCUT2D eigenvalue weighted by Gasteiger charge is -2.32.